The number of aromatic nitrogens is 3. The third-order valence-electron chi connectivity index (χ3n) is 5.08. The van der Waals surface area contributed by atoms with Gasteiger partial charge in [0.15, 0.2) is 11.9 Å². The van der Waals surface area contributed by atoms with Gasteiger partial charge in [0.2, 0.25) is 11.0 Å². The molecule has 5 rings (SSSR count). The first-order valence-corrected chi connectivity index (χ1v) is 11.5. The maximum absolute atomic E-state index is 10.6. The number of ether oxygens (including phenoxy) is 2. The van der Waals surface area contributed by atoms with Gasteiger partial charge < -0.3 is 24.7 Å². The highest BCUT2D eigenvalue weighted by Gasteiger charge is 2.26. The highest BCUT2D eigenvalue weighted by Crippen LogP contribution is 2.39. The van der Waals surface area contributed by atoms with E-state index in [1.54, 1.807) is 24.3 Å². The van der Waals surface area contributed by atoms with Gasteiger partial charge in [0.1, 0.15) is 12.4 Å². The zero-order chi connectivity index (χ0) is 23.3. The molecule has 9 heteroatoms. The fourth-order valence-electron chi connectivity index (χ4n) is 3.46. The molecule has 1 aliphatic rings. The van der Waals surface area contributed by atoms with E-state index >= 15 is 0 Å². The van der Waals surface area contributed by atoms with E-state index in [4.69, 9.17) is 9.47 Å². The number of nitrogens with zero attached hydrogens (tertiary/aromatic N) is 3. The molecule has 0 amide bonds. The maximum atomic E-state index is 10.6. The largest absolute Gasteiger partial charge is 0.546 e. The van der Waals surface area contributed by atoms with E-state index in [1.165, 1.54) is 11.8 Å². The van der Waals surface area contributed by atoms with E-state index in [0.717, 1.165) is 22.4 Å². The van der Waals surface area contributed by atoms with Crippen LogP contribution in [-0.4, -0.2) is 27.8 Å². The van der Waals surface area contributed by atoms with E-state index in [-0.39, 0.29) is 0 Å². The van der Waals surface area contributed by atoms with Crippen molar-refractivity contribution in [3.8, 4) is 22.9 Å². The number of para-hydroxylation sites is 1. The van der Waals surface area contributed by atoms with Crippen molar-refractivity contribution in [2.24, 2.45) is 0 Å². The van der Waals surface area contributed by atoms with E-state index in [2.05, 4.69) is 32.6 Å². The Bertz CT molecular complexity index is 1300. The molecule has 3 aromatic carbocycles. The van der Waals surface area contributed by atoms with E-state index in [1.807, 2.05) is 42.5 Å². The summed E-state index contributed by atoms with van der Waals surface area (Å²) in [6.07, 6.45) is -0.554. The molecule has 0 aliphatic carbocycles. The second-order valence-corrected chi connectivity index (χ2v) is 8.38. The van der Waals surface area contributed by atoms with Crippen LogP contribution in [0.5, 0.6) is 11.6 Å². The number of carbonyl (C=O) groups excluding carboxylic acids is 1. The van der Waals surface area contributed by atoms with Crippen LogP contribution in [0.4, 0.5) is 5.69 Å². The first kappa shape index (κ1) is 21.7. The number of carboxylic acids is 1. The zero-order valence-electron chi connectivity index (χ0n) is 17.9. The summed E-state index contributed by atoms with van der Waals surface area (Å²) < 4.78 is 11.4. The Labute approximate surface area is 200 Å². The molecule has 170 valence electrons. The Kier molecular flexibility index (Phi) is 6.26. The molecule has 0 fully saturated rings. The molecule has 0 saturated heterocycles. The molecule has 1 aromatic heterocycles. The van der Waals surface area contributed by atoms with Crippen molar-refractivity contribution in [2.75, 3.05) is 11.9 Å². The number of aliphatic carboxylic acids is 1. The summed E-state index contributed by atoms with van der Waals surface area (Å²) >= 11 is 1.49. The highest BCUT2D eigenvalue weighted by atomic mass is 32.2. The minimum atomic E-state index is -1.28. The van der Waals surface area contributed by atoms with Crippen LogP contribution in [-0.2, 0) is 10.5 Å². The van der Waals surface area contributed by atoms with Crippen LogP contribution in [0.25, 0.3) is 11.3 Å². The first-order valence-electron chi connectivity index (χ1n) is 10.5. The van der Waals surface area contributed by atoms with Gasteiger partial charge in [0.25, 0.3) is 0 Å². The minimum Gasteiger partial charge on any atom is -0.546 e. The van der Waals surface area contributed by atoms with E-state index < -0.39 is 18.8 Å². The first-order chi connectivity index (χ1) is 16.7. The summed E-state index contributed by atoms with van der Waals surface area (Å²) in [5.41, 5.74) is 4.21. The van der Waals surface area contributed by atoms with Crippen molar-refractivity contribution in [1.82, 2.24) is 15.2 Å². The number of nitrogens with one attached hydrogen (secondary N) is 1. The van der Waals surface area contributed by atoms with Crippen LogP contribution >= 0.6 is 11.8 Å². The van der Waals surface area contributed by atoms with Crippen LogP contribution in [0.15, 0.2) is 84.0 Å². The third kappa shape index (κ3) is 4.94. The van der Waals surface area contributed by atoms with Crippen molar-refractivity contribution >= 4 is 23.4 Å². The number of fused-ring (bicyclic) bond motifs is 3. The second-order valence-electron chi connectivity index (χ2n) is 7.44. The molecule has 8 nitrogen and oxygen atoms in total. The van der Waals surface area contributed by atoms with Gasteiger partial charge in [-0.15, -0.1) is 10.2 Å². The summed E-state index contributed by atoms with van der Waals surface area (Å²) in [4.78, 5) is 15.3. The fraction of sp³-hybridized carbons (Fsp3) is 0.120. The molecule has 1 N–H and O–H groups in total. The number of hydrogen-bond acceptors (Lipinski definition) is 9. The average Bonchev–Trinajstić information content (AvgIpc) is 3.03. The molecule has 1 aliphatic heterocycles. The standard InChI is InChI=1S/C25H20N4O4S/c30-21(31)14-32-18-12-10-17(11-13-18)23-26-20-9-5-4-8-19(20)22-24(33-23)27-25(29-28-22)34-15-16-6-2-1-3-7-16/h1-13,23,26H,14-15H2,(H,30,31)/p-1/t23-/m1/s1. The molecule has 0 spiro atoms. The summed E-state index contributed by atoms with van der Waals surface area (Å²) in [6, 6.07) is 24.8. The van der Waals surface area contributed by atoms with Gasteiger partial charge in [-0.2, -0.15) is 4.98 Å². The predicted molar refractivity (Wildman–Crippen MR) is 125 cm³/mol. The Morgan fingerprint density at radius 3 is 2.56 bits per heavy atom. The number of hydrogen-bond donors (Lipinski definition) is 1. The molecule has 0 unspecified atom stereocenters. The Morgan fingerprint density at radius 1 is 1.00 bits per heavy atom. The molecule has 34 heavy (non-hydrogen) atoms. The normalized spacial score (nSPS) is 14.1. The van der Waals surface area contributed by atoms with Crippen LogP contribution in [0.2, 0.25) is 0 Å². The molecular formula is C25H19N4O4S-. The van der Waals surface area contributed by atoms with Crippen LogP contribution in [0.1, 0.15) is 17.4 Å². The monoisotopic (exact) mass is 471 g/mol. The number of anilines is 1. The van der Waals surface area contributed by atoms with Crippen molar-refractivity contribution in [3.63, 3.8) is 0 Å². The Hall–Kier alpha value is -4.11. The summed E-state index contributed by atoms with van der Waals surface area (Å²) in [6.45, 7) is -0.510. The van der Waals surface area contributed by atoms with Gasteiger partial charge in [-0.05, 0) is 35.9 Å². The molecule has 2 heterocycles. The zero-order valence-corrected chi connectivity index (χ0v) is 18.7. The van der Waals surface area contributed by atoms with Gasteiger partial charge >= 0.3 is 0 Å². The van der Waals surface area contributed by atoms with Gasteiger partial charge in [0, 0.05) is 22.6 Å². The van der Waals surface area contributed by atoms with Crippen LogP contribution in [0, 0.1) is 0 Å². The second kappa shape index (κ2) is 9.80. The number of carboxylic acid groups (broad SMARTS) is 1. The predicted octanol–water partition coefficient (Wildman–Crippen LogP) is 3.46. The summed E-state index contributed by atoms with van der Waals surface area (Å²) in [7, 11) is 0. The molecule has 1 atom stereocenters. The van der Waals surface area contributed by atoms with Crippen molar-refractivity contribution in [1.29, 1.82) is 0 Å². The highest BCUT2D eigenvalue weighted by molar-refractivity contribution is 7.98. The summed E-state index contributed by atoms with van der Waals surface area (Å²) in [5, 5.41) is 23.3. The van der Waals surface area contributed by atoms with Crippen molar-refractivity contribution < 1.29 is 19.4 Å². The maximum Gasteiger partial charge on any atom is 0.247 e. The smallest absolute Gasteiger partial charge is 0.247 e. The lowest BCUT2D eigenvalue weighted by Crippen LogP contribution is -2.28. The Balaban J connectivity index is 1.42. The molecular weight excluding hydrogens is 452 g/mol. The quantitative estimate of drug-likeness (QED) is 0.405. The average molecular weight is 472 g/mol. The van der Waals surface area contributed by atoms with Gasteiger partial charge in [-0.25, -0.2) is 0 Å². The van der Waals surface area contributed by atoms with Crippen molar-refractivity contribution in [3.05, 3.63) is 90.0 Å². The molecule has 0 radical (unpaired) electrons. The van der Waals surface area contributed by atoms with E-state index in [0.29, 0.717) is 28.2 Å². The third-order valence-corrected chi connectivity index (χ3v) is 5.99. The lowest BCUT2D eigenvalue weighted by Gasteiger charge is -2.19. The number of benzene rings is 3. The van der Waals surface area contributed by atoms with Crippen LogP contribution < -0.4 is 19.9 Å². The summed E-state index contributed by atoms with van der Waals surface area (Å²) in [5.74, 6) is 0.239. The van der Waals surface area contributed by atoms with E-state index in [9.17, 15) is 9.90 Å². The minimum absolute atomic E-state index is 0.380. The number of rotatable bonds is 7. The van der Waals surface area contributed by atoms with Crippen molar-refractivity contribution in [2.45, 2.75) is 17.1 Å². The SMILES string of the molecule is O=C([O-])COc1ccc([C@@H]2Nc3ccccc3-c3nnc(SCc4ccccc4)nc3O2)cc1. The lowest BCUT2D eigenvalue weighted by atomic mass is 10.1. The fourth-order valence-corrected chi connectivity index (χ4v) is 4.20. The molecule has 0 bridgehead atoms. The van der Waals surface area contributed by atoms with Gasteiger partial charge in [-0.3, -0.25) is 0 Å². The van der Waals surface area contributed by atoms with Gasteiger partial charge in [-0.1, -0.05) is 60.3 Å². The topological polar surface area (TPSA) is 109 Å². The number of carbonyl (C=O) groups is 1. The number of thioether (sulfide) groups is 1. The molecule has 0 saturated carbocycles. The van der Waals surface area contributed by atoms with Crippen LogP contribution in [0.3, 0.4) is 0 Å². The Morgan fingerprint density at radius 2 is 1.76 bits per heavy atom. The van der Waals surface area contributed by atoms with Gasteiger partial charge in [0.05, 0.1) is 5.97 Å². The lowest BCUT2D eigenvalue weighted by molar-refractivity contribution is -0.307. The molecule has 4 aromatic rings.